The van der Waals surface area contributed by atoms with Crippen molar-refractivity contribution < 1.29 is 0 Å². The molecule has 1 aromatic rings. The topological polar surface area (TPSA) is 50.4 Å². The van der Waals surface area contributed by atoms with E-state index in [-0.39, 0.29) is 5.41 Å². The van der Waals surface area contributed by atoms with Gasteiger partial charge in [0.2, 0.25) is 0 Å². The third-order valence-corrected chi connectivity index (χ3v) is 2.33. The molecule has 0 unspecified atom stereocenters. The van der Waals surface area contributed by atoms with Crippen LogP contribution in [-0.2, 0) is 5.41 Å². The van der Waals surface area contributed by atoms with Crippen molar-refractivity contribution in [3.8, 4) is 0 Å². The van der Waals surface area contributed by atoms with Crippen molar-refractivity contribution in [3.63, 3.8) is 0 Å². The van der Waals surface area contributed by atoms with E-state index in [2.05, 4.69) is 37.1 Å². The molecular formula is C13H21N3. The number of anilines is 1. The lowest BCUT2D eigenvalue weighted by atomic mass is 9.86. The minimum atomic E-state index is 0.0933. The van der Waals surface area contributed by atoms with Gasteiger partial charge >= 0.3 is 0 Å². The fourth-order valence-electron chi connectivity index (χ4n) is 1.59. The van der Waals surface area contributed by atoms with Gasteiger partial charge in [-0.3, -0.25) is 4.99 Å². The van der Waals surface area contributed by atoms with Crippen LogP contribution >= 0.6 is 0 Å². The van der Waals surface area contributed by atoms with Gasteiger partial charge in [0.25, 0.3) is 0 Å². The van der Waals surface area contributed by atoms with Gasteiger partial charge in [0.1, 0.15) is 0 Å². The van der Waals surface area contributed by atoms with Crippen LogP contribution in [0.25, 0.3) is 0 Å². The Hall–Kier alpha value is -1.51. The van der Waals surface area contributed by atoms with Crippen molar-refractivity contribution in [2.45, 2.75) is 33.1 Å². The summed E-state index contributed by atoms with van der Waals surface area (Å²) < 4.78 is 0. The summed E-state index contributed by atoms with van der Waals surface area (Å²) in [6.07, 6.45) is 0. The van der Waals surface area contributed by atoms with Crippen LogP contribution in [0.2, 0.25) is 0 Å². The van der Waals surface area contributed by atoms with Crippen LogP contribution in [0, 0.1) is 0 Å². The van der Waals surface area contributed by atoms with E-state index < -0.39 is 0 Å². The normalized spacial score (nSPS) is 12.6. The SMILES string of the molecule is CCN=C(N)Nc1ccccc1C(C)(C)C. The van der Waals surface area contributed by atoms with E-state index in [9.17, 15) is 0 Å². The maximum Gasteiger partial charge on any atom is 0.193 e. The Morgan fingerprint density at radius 2 is 1.94 bits per heavy atom. The Balaban J connectivity index is 3.01. The van der Waals surface area contributed by atoms with Gasteiger partial charge in [0.15, 0.2) is 5.96 Å². The molecule has 88 valence electrons. The van der Waals surface area contributed by atoms with E-state index in [1.54, 1.807) is 0 Å². The molecule has 16 heavy (non-hydrogen) atoms. The molecule has 1 aromatic carbocycles. The summed E-state index contributed by atoms with van der Waals surface area (Å²) in [5, 5.41) is 3.15. The highest BCUT2D eigenvalue weighted by atomic mass is 15.1. The first-order valence-electron chi connectivity index (χ1n) is 5.61. The lowest BCUT2D eigenvalue weighted by Crippen LogP contribution is -2.25. The summed E-state index contributed by atoms with van der Waals surface area (Å²) in [6, 6.07) is 8.18. The number of hydrogen-bond acceptors (Lipinski definition) is 1. The lowest BCUT2D eigenvalue weighted by molar-refractivity contribution is 0.592. The molecule has 0 aliphatic rings. The zero-order valence-corrected chi connectivity index (χ0v) is 10.5. The first kappa shape index (κ1) is 12.6. The summed E-state index contributed by atoms with van der Waals surface area (Å²) in [7, 11) is 0. The summed E-state index contributed by atoms with van der Waals surface area (Å²) in [4.78, 5) is 4.13. The molecule has 3 nitrogen and oxygen atoms in total. The highest BCUT2D eigenvalue weighted by Gasteiger charge is 2.17. The number of hydrogen-bond donors (Lipinski definition) is 2. The number of benzene rings is 1. The maximum atomic E-state index is 5.77. The van der Waals surface area contributed by atoms with E-state index in [1.807, 2.05) is 25.1 Å². The number of nitrogens with two attached hydrogens (primary N) is 1. The first-order chi connectivity index (χ1) is 7.45. The fourth-order valence-corrected chi connectivity index (χ4v) is 1.59. The van der Waals surface area contributed by atoms with E-state index in [1.165, 1.54) is 5.56 Å². The van der Waals surface area contributed by atoms with Gasteiger partial charge in [0, 0.05) is 12.2 Å². The highest BCUT2D eigenvalue weighted by Crippen LogP contribution is 2.28. The predicted octanol–water partition coefficient (Wildman–Crippen LogP) is 2.73. The Kier molecular flexibility index (Phi) is 3.93. The van der Waals surface area contributed by atoms with Gasteiger partial charge in [-0.2, -0.15) is 0 Å². The maximum absolute atomic E-state index is 5.77. The molecule has 0 radical (unpaired) electrons. The van der Waals surface area contributed by atoms with Crippen LogP contribution in [0.15, 0.2) is 29.3 Å². The Morgan fingerprint density at radius 1 is 1.31 bits per heavy atom. The molecule has 1 rings (SSSR count). The Morgan fingerprint density at radius 3 is 2.50 bits per heavy atom. The van der Waals surface area contributed by atoms with Gasteiger partial charge in [-0.15, -0.1) is 0 Å². The van der Waals surface area contributed by atoms with Crippen LogP contribution in [0.3, 0.4) is 0 Å². The average molecular weight is 219 g/mol. The average Bonchev–Trinajstić information content (AvgIpc) is 2.17. The second-order valence-electron chi connectivity index (χ2n) is 4.78. The molecule has 0 bridgehead atoms. The smallest absolute Gasteiger partial charge is 0.193 e. The van der Waals surface area contributed by atoms with Crippen molar-refractivity contribution in [2.75, 3.05) is 11.9 Å². The van der Waals surface area contributed by atoms with E-state index >= 15 is 0 Å². The zero-order valence-electron chi connectivity index (χ0n) is 10.5. The summed E-state index contributed by atoms with van der Waals surface area (Å²) in [5.74, 6) is 0.471. The van der Waals surface area contributed by atoms with Crippen molar-refractivity contribution in [1.82, 2.24) is 0 Å². The van der Waals surface area contributed by atoms with Crippen molar-refractivity contribution in [2.24, 2.45) is 10.7 Å². The largest absolute Gasteiger partial charge is 0.370 e. The van der Waals surface area contributed by atoms with Crippen molar-refractivity contribution >= 4 is 11.6 Å². The number of para-hydroxylation sites is 1. The Labute approximate surface area is 97.8 Å². The first-order valence-corrected chi connectivity index (χ1v) is 5.61. The molecule has 3 heteroatoms. The van der Waals surface area contributed by atoms with E-state index in [0.717, 1.165) is 5.69 Å². The monoisotopic (exact) mass is 219 g/mol. The quantitative estimate of drug-likeness (QED) is 0.593. The second-order valence-corrected chi connectivity index (χ2v) is 4.78. The number of aliphatic imine (C=N–C) groups is 1. The van der Waals surface area contributed by atoms with Crippen LogP contribution in [0.1, 0.15) is 33.3 Å². The third-order valence-electron chi connectivity index (χ3n) is 2.33. The molecule has 0 spiro atoms. The molecule has 0 aliphatic carbocycles. The van der Waals surface area contributed by atoms with Crippen molar-refractivity contribution in [3.05, 3.63) is 29.8 Å². The minimum absolute atomic E-state index is 0.0933. The molecule has 0 amide bonds. The lowest BCUT2D eigenvalue weighted by Gasteiger charge is -2.23. The van der Waals surface area contributed by atoms with Gasteiger partial charge in [-0.25, -0.2) is 0 Å². The molecule has 0 fully saturated rings. The van der Waals surface area contributed by atoms with Crippen LogP contribution in [0.4, 0.5) is 5.69 Å². The second kappa shape index (κ2) is 5.01. The molecular weight excluding hydrogens is 198 g/mol. The third kappa shape index (κ3) is 3.26. The molecule has 0 saturated heterocycles. The molecule has 0 aromatic heterocycles. The predicted molar refractivity (Wildman–Crippen MR) is 70.9 cm³/mol. The zero-order chi connectivity index (χ0) is 12.2. The van der Waals surface area contributed by atoms with Gasteiger partial charge in [0.05, 0.1) is 0 Å². The van der Waals surface area contributed by atoms with E-state index in [0.29, 0.717) is 12.5 Å². The molecule has 0 aliphatic heterocycles. The van der Waals surface area contributed by atoms with Gasteiger partial charge < -0.3 is 11.1 Å². The number of rotatable bonds is 2. The van der Waals surface area contributed by atoms with Gasteiger partial charge in [-0.1, -0.05) is 39.0 Å². The van der Waals surface area contributed by atoms with Crippen LogP contribution in [0.5, 0.6) is 0 Å². The molecule has 3 N–H and O–H groups in total. The van der Waals surface area contributed by atoms with Gasteiger partial charge in [-0.05, 0) is 24.0 Å². The standard InChI is InChI=1S/C13H21N3/c1-5-15-12(14)16-11-9-7-6-8-10(11)13(2,3)4/h6-9H,5H2,1-4H3,(H3,14,15,16). The van der Waals surface area contributed by atoms with Crippen LogP contribution in [-0.4, -0.2) is 12.5 Å². The van der Waals surface area contributed by atoms with Crippen molar-refractivity contribution in [1.29, 1.82) is 0 Å². The summed E-state index contributed by atoms with van der Waals surface area (Å²) in [5.41, 5.74) is 8.13. The molecule has 0 saturated carbocycles. The number of nitrogens with one attached hydrogen (secondary N) is 1. The summed E-state index contributed by atoms with van der Waals surface area (Å²) >= 11 is 0. The Bertz CT molecular complexity index is 375. The molecule has 0 heterocycles. The van der Waals surface area contributed by atoms with Crippen LogP contribution < -0.4 is 11.1 Å². The number of guanidine groups is 1. The molecule has 0 atom stereocenters. The van der Waals surface area contributed by atoms with E-state index in [4.69, 9.17) is 5.73 Å². The number of nitrogens with zero attached hydrogens (tertiary/aromatic N) is 1. The fraction of sp³-hybridized carbons (Fsp3) is 0.462. The summed E-state index contributed by atoms with van der Waals surface area (Å²) in [6.45, 7) is 9.20. The highest BCUT2D eigenvalue weighted by molar-refractivity contribution is 5.93. The minimum Gasteiger partial charge on any atom is -0.370 e.